The third kappa shape index (κ3) is 5.71. The second-order valence-electron chi connectivity index (χ2n) is 6.12. The number of hydrogen-bond acceptors (Lipinski definition) is 4. The van der Waals surface area contributed by atoms with Crippen molar-refractivity contribution in [1.29, 1.82) is 0 Å². The lowest BCUT2D eigenvalue weighted by Gasteiger charge is -2.11. The largest absolute Gasteiger partial charge is 0.497 e. The van der Waals surface area contributed by atoms with E-state index in [1.54, 1.807) is 37.8 Å². The lowest BCUT2D eigenvalue weighted by atomic mass is 10.1. The molecule has 2 heterocycles. The molecule has 3 rings (SSSR count). The van der Waals surface area contributed by atoms with Crippen LogP contribution in [0, 0.1) is 0 Å². The molecule has 2 aromatic heterocycles. The summed E-state index contributed by atoms with van der Waals surface area (Å²) in [6.07, 6.45) is 2.65. The molecule has 0 radical (unpaired) electrons. The monoisotopic (exact) mass is 414 g/mol. The molecule has 5 nitrogen and oxygen atoms in total. The number of nitrogens with one attached hydrogen (secondary N) is 2. The zero-order valence-electron chi connectivity index (χ0n) is 15.9. The number of methoxy groups -OCH3 is 1. The molecule has 0 saturated heterocycles. The Hall–Kier alpha value is -2.57. The van der Waals surface area contributed by atoms with Crippen molar-refractivity contribution >= 4 is 28.9 Å². The van der Waals surface area contributed by atoms with Gasteiger partial charge in [0.05, 0.1) is 13.7 Å². The number of halogens is 1. The summed E-state index contributed by atoms with van der Waals surface area (Å²) < 4.78 is 5.22. The van der Waals surface area contributed by atoms with Crippen LogP contribution < -0.4 is 15.4 Å². The van der Waals surface area contributed by atoms with Crippen molar-refractivity contribution in [3.8, 4) is 16.9 Å². The van der Waals surface area contributed by atoms with Crippen LogP contribution in [0.2, 0.25) is 5.15 Å². The first-order chi connectivity index (χ1) is 13.7. The molecule has 2 N–H and O–H groups in total. The number of ether oxygens (including phenoxy) is 1. The van der Waals surface area contributed by atoms with E-state index in [0.29, 0.717) is 5.15 Å². The van der Waals surface area contributed by atoms with Crippen molar-refractivity contribution in [3.05, 3.63) is 69.6 Å². The smallest absolute Gasteiger partial charge is 0.191 e. The fourth-order valence-electron chi connectivity index (χ4n) is 2.68. The van der Waals surface area contributed by atoms with Crippen LogP contribution in [0.4, 0.5) is 0 Å². The van der Waals surface area contributed by atoms with Crippen molar-refractivity contribution in [2.45, 2.75) is 13.0 Å². The topological polar surface area (TPSA) is 58.5 Å². The molecule has 0 bridgehead atoms. The van der Waals surface area contributed by atoms with Gasteiger partial charge in [-0.2, -0.15) is 0 Å². The molecule has 0 atom stereocenters. The average Bonchev–Trinajstić information content (AvgIpc) is 3.21. The standard InChI is InChI=1S/C21H23ClN4OS/c1-23-21(24-10-9-15-3-8-20(22)25-12-15)26-13-19-11-17(14-28-19)16-4-6-18(27-2)7-5-16/h3-8,11-12,14H,9-10,13H2,1-2H3,(H2,23,24,26). The maximum Gasteiger partial charge on any atom is 0.191 e. The molecule has 0 amide bonds. The van der Waals surface area contributed by atoms with Gasteiger partial charge >= 0.3 is 0 Å². The van der Waals surface area contributed by atoms with Gasteiger partial charge in [-0.3, -0.25) is 4.99 Å². The highest BCUT2D eigenvalue weighted by molar-refractivity contribution is 7.10. The second kappa shape index (κ2) is 10.1. The summed E-state index contributed by atoms with van der Waals surface area (Å²) in [6.45, 7) is 1.49. The van der Waals surface area contributed by atoms with Gasteiger partial charge in [-0.25, -0.2) is 4.98 Å². The number of hydrogen-bond donors (Lipinski definition) is 2. The van der Waals surface area contributed by atoms with Crippen molar-refractivity contribution in [3.63, 3.8) is 0 Å². The normalized spacial score (nSPS) is 11.3. The van der Waals surface area contributed by atoms with Crippen LogP contribution in [0.25, 0.3) is 11.1 Å². The van der Waals surface area contributed by atoms with E-state index in [2.05, 4.69) is 44.2 Å². The lowest BCUT2D eigenvalue weighted by Crippen LogP contribution is -2.37. The summed E-state index contributed by atoms with van der Waals surface area (Å²) >= 11 is 7.54. The Bertz CT molecular complexity index is 907. The number of benzene rings is 1. The van der Waals surface area contributed by atoms with Crippen LogP contribution in [-0.4, -0.2) is 31.6 Å². The van der Waals surface area contributed by atoms with E-state index in [-0.39, 0.29) is 0 Å². The van der Waals surface area contributed by atoms with E-state index in [0.717, 1.165) is 36.8 Å². The summed E-state index contributed by atoms with van der Waals surface area (Å²) in [5, 5.41) is 9.36. The Morgan fingerprint density at radius 2 is 1.96 bits per heavy atom. The number of guanidine groups is 1. The Labute approximate surface area is 174 Å². The van der Waals surface area contributed by atoms with Gasteiger partial charge in [0.25, 0.3) is 0 Å². The van der Waals surface area contributed by atoms with Crippen molar-refractivity contribution < 1.29 is 4.74 Å². The summed E-state index contributed by atoms with van der Waals surface area (Å²) in [4.78, 5) is 9.62. The SMILES string of the molecule is CN=C(NCCc1ccc(Cl)nc1)NCc1cc(-c2ccc(OC)cc2)cs1. The highest BCUT2D eigenvalue weighted by Gasteiger charge is 2.05. The van der Waals surface area contributed by atoms with Crippen LogP contribution >= 0.6 is 22.9 Å². The first-order valence-electron chi connectivity index (χ1n) is 8.94. The van der Waals surface area contributed by atoms with E-state index < -0.39 is 0 Å². The first-order valence-corrected chi connectivity index (χ1v) is 10.2. The molecular formula is C21H23ClN4OS. The predicted molar refractivity (Wildman–Crippen MR) is 117 cm³/mol. The van der Waals surface area contributed by atoms with E-state index in [1.165, 1.54) is 16.0 Å². The maximum absolute atomic E-state index is 5.81. The molecule has 7 heteroatoms. The van der Waals surface area contributed by atoms with Gasteiger partial charge in [-0.1, -0.05) is 29.8 Å². The number of pyridine rings is 1. The summed E-state index contributed by atoms with van der Waals surface area (Å²) in [6, 6.07) is 14.1. The Morgan fingerprint density at radius 1 is 1.14 bits per heavy atom. The average molecular weight is 415 g/mol. The minimum absolute atomic E-state index is 0.513. The molecule has 0 fully saturated rings. The number of aromatic nitrogens is 1. The van der Waals surface area contributed by atoms with Gasteiger partial charge in [0.1, 0.15) is 10.9 Å². The van der Waals surface area contributed by atoms with E-state index in [1.807, 2.05) is 18.2 Å². The van der Waals surface area contributed by atoms with Crippen LogP contribution in [0.5, 0.6) is 5.75 Å². The van der Waals surface area contributed by atoms with Crippen LogP contribution in [0.3, 0.4) is 0 Å². The predicted octanol–water partition coefficient (Wildman–Crippen LogP) is 4.38. The van der Waals surface area contributed by atoms with Gasteiger partial charge in [0, 0.05) is 24.7 Å². The van der Waals surface area contributed by atoms with Gasteiger partial charge in [0.2, 0.25) is 0 Å². The maximum atomic E-state index is 5.81. The van der Waals surface area contributed by atoms with Crippen LogP contribution in [0.15, 0.2) is 59.0 Å². The number of aliphatic imine (C=N–C) groups is 1. The third-order valence-electron chi connectivity index (χ3n) is 4.23. The molecule has 0 unspecified atom stereocenters. The van der Waals surface area contributed by atoms with Crippen molar-refractivity contribution in [1.82, 2.24) is 15.6 Å². The van der Waals surface area contributed by atoms with Crippen LogP contribution in [-0.2, 0) is 13.0 Å². The second-order valence-corrected chi connectivity index (χ2v) is 7.50. The first kappa shape index (κ1) is 20.2. The Balaban J connectivity index is 1.48. The van der Waals surface area contributed by atoms with Crippen molar-refractivity contribution in [2.24, 2.45) is 4.99 Å². The molecule has 0 aliphatic carbocycles. The molecule has 146 valence electrons. The van der Waals surface area contributed by atoms with E-state index >= 15 is 0 Å². The van der Waals surface area contributed by atoms with Gasteiger partial charge in [-0.15, -0.1) is 11.3 Å². The van der Waals surface area contributed by atoms with Gasteiger partial charge in [0.15, 0.2) is 5.96 Å². The minimum atomic E-state index is 0.513. The zero-order chi connectivity index (χ0) is 19.8. The quantitative estimate of drug-likeness (QED) is 0.342. The minimum Gasteiger partial charge on any atom is -0.497 e. The Kier molecular flexibility index (Phi) is 7.28. The molecular weight excluding hydrogens is 392 g/mol. The zero-order valence-corrected chi connectivity index (χ0v) is 17.5. The molecule has 0 spiro atoms. The van der Waals surface area contributed by atoms with E-state index in [9.17, 15) is 0 Å². The third-order valence-corrected chi connectivity index (χ3v) is 5.39. The molecule has 0 saturated carbocycles. The van der Waals surface area contributed by atoms with Crippen LogP contribution in [0.1, 0.15) is 10.4 Å². The molecule has 3 aromatic rings. The van der Waals surface area contributed by atoms with Crippen molar-refractivity contribution in [2.75, 3.05) is 20.7 Å². The van der Waals surface area contributed by atoms with Gasteiger partial charge in [-0.05, 0) is 52.8 Å². The summed E-state index contributed by atoms with van der Waals surface area (Å²) in [7, 11) is 3.45. The fraction of sp³-hybridized carbons (Fsp3) is 0.238. The summed E-state index contributed by atoms with van der Waals surface area (Å²) in [5.74, 6) is 1.64. The van der Waals surface area contributed by atoms with E-state index in [4.69, 9.17) is 16.3 Å². The fourth-order valence-corrected chi connectivity index (χ4v) is 3.62. The Morgan fingerprint density at radius 3 is 2.64 bits per heavy atom. The molecule has 0 aliphatic heterocycles. The number of thiophene rings is 1. The lowest BCUT2D eigenvalue weighted by molar-refractivity contribution is 0.415. The molecule has 1 aromatic carbocycles. The molecule has 28 heavy (non-hydrogen) atoms. The highest BCUT2D eigenvalue weighted by atomic mass is 35.5. The highest BCUT2D eigenvalue weighted by Crippen LogP contribution is 2.27. The summed E-state index contributed by atoms with van der Waals surface area (Å²) in [5.41, 5.74) is 3.53. The number of nitrogens with zero attached hydrogens (tertiary/aromatic N) is 2. The molecule has 0 aliphatic rings. The van der Waals surface area contributed by atoms with Gasteiger partial charge < -0.3 is 15.4 Å². The number of rotatable bonds is 7.